The molecule has 124 valence electrons. The van der Waals surface area contributed by atoms with Gasteiger partial charge in [-0.25, -0.2) is 18.2 Å². The van der Waals surface area contributed by atoms with Gasteiger partial charge in [0.1, 0.15) is 5.82 Å². The molecule has 0 bridgehead atoms. The van der Waals surface area contributed by atoms with Crippen LogP contribution in [0.15, 0.2) is 48.9 Å². The third-order valence-corrected chi connectivity index (χ3v) is 4.39. The van der Waals surface area contributed by atoms with E-state index < -0.39 is 22.9 Å². The van der Waals surface area contributed by atoms with Crippen LogP contribution in [0.2, 0.25) is 5.02 Å². The Labute approximate surface area is 142 Å². The van der Waals surface area contributed by atoms with Crippen molar-refractivity contribution in [3.63, 3.8) is 0 Å². The highest BCUT2D eigenvalue weighted by Crippen LogP contribution is 2.34. The predicted molar refractivity (Wildman–Crippen MR) is 87.0 cm³/mol. The zero-order valence-electron chi connectivity index (χ0n) is 13.0. The molecule has 0 aliphatic rings. The number of nitrogens with zero attached hydrogens (tertiary/aromatic N) is 2. The maximum absolute atomic E-state index is 13.6. The summed E-state index contributed by atoms with van der Waals surface area (Å²) in [5.41, 5.74) is 1.29. The van der Waals surface area contributed by atoms with E-state index in [1.165, 1.54) is 24.3 Å². The van der Waals surface area contributed by atoms with Crippen LogP contribution in [-0.4, -0.2) is 9.55 Å². The van der Waals surface area contributed by atoms with E-state index in [9.17, 15) is 13.2 Å². The van der Waals surface area contributed by atoms with Crippen LogP contribution in [0.25, 0.3) is 5.69 Å². The number of benzene rings is 2. The van der Waals surface area contributed by atoms with E-state index >= 15 is 0 Å². The second kappa shape index (κ2) is 5.98. The maximum atomic E-state index is 13.6. The Balaban J connectivity index is 2.11. The predicted octanol–water partition coefficient (Wildman–Crippen LogP) is 5.27. The molecule has 2 aromatic carbocycles. The normalized spacial score (nSPS) is 11.8. The van der Waals surface area contributed by atoms with Gasteiger partial charge in [-0.05, 0) is 35.9 Å². The summed E-state index contributed by atoms with van der Waals surface area (Å²) in [6, 6.07) is 8.14. The molecule has 3 aromatic rings. The summed E-state index contributed by atoms with van der Waals surface area (Å²) in [5, 5.41) is -0.00205. The average Bonchev–Trinajstić information content (AvgIpc) is 3.03. The molecular weight excluding hydrogens is 337 g/mol. The highest BCUT2D eigenvalue weighted by atomic mass is 35.5. The smallest absolute Gasteiger partial charge is 0.159 e. The quantitative estimate of drug-likeness (QED) is 0.629. The van der Waals surface area contributed by atoms with Gasteiger partial charge in [-0.3, -0.25) is 0 Å². The van der Waals surface area contributed by atoms with E-state index in [-0.39, 0.29) is 5.02 Å². The molecule has 0 aliphatic carbocycles. The van der Waals surface area contributed by atoms with Crippen molar-refractivity contribution in [2.45, 2.75) is 19.3 Å². The van der Waals surface area contributed by atoms with Gasteiger partial charge >= 0.3 is 0 Å². The van der Waals surface area contributed by atoms with Crippen molar-refractivity contribution in [3.05, 3.63) is 82.7 Å². The van der Waals surface area contributed by atoms with Crippen molar-refractivity contribution in [2.75, 3.05) is 0 Å². The topological polar surface area (TPSA) is 17.8 Å². The van der Waals surface area contributed by atoms with Gasteiger partial charge < -0.3 is 4.57 Å². The number of rotatable bonds is 3. The Morgan fingerprint density at radius 1 is 0.958 bits per heavy atom. The molecule has 2 nitrogen and oxygen atoms in total. The number of halogens is 4. The van der Waals surface area contributed by atoms with Gasteiger partial charge in [-0.1, -0.05) is 31.5 Å². The van der Waals surface area contributed by atoms with Crippen molar-refractivity contribution in [1.82, 2.24) is 9.55 Å². The first-order valence-corrected chi connectivity index (χ1v) is 7.62. The minimum Gasteiger partial charge on any atom is -0.302 e. The summed E-state index contributed by atoms with van der Waals surface area (Å²) < 4.78 is 42.0. The van der Waals surface area contributed by atoms with E-state index in [1.807, 2.05) is 13.8 Å². The molecule has 0 unspecified atom stereocenters. The Morgan fingerprint density at radius 3 is 2.33 bits per heavy atom. The number of imidazole rings is 1. The number of hydrogen-bond acceptors (Lipinski definition) is 1. The van der Waals surface area contributed by atoms with Crippen LogP contribution in [0.3, 0.4) is 0 Å². The summed E-state index contributed by atoms with van der Waals surface area (Å²) >= 11 is 5.85. The van der Waals surface area contributed by atoms with Gasteiger partial charge in [0.05, 0.1) is 17.0 Å². The number of hydrogen-bond donors (Lipinski definition) is 0. The van der Waals surface area contributed by atoms with Gasteiger partial charge in [0.25, 0.3) is 0 Å². The third kappa shape index (κ3) is 2.80. The van der Waals surface area contributed by atoms with E-state index in [1.54, 1.807) is 23.2 Å². The largest absolute Gasteiger partial charge is 0.302 e. The summed E-state index contributed by atoms with van der Waals surface area (Å²) in [7, 11) is 0. The van der Waals surface area contributed by atoms with Crippen LogP contribution in [0.5, 0.6) is 0 Å². The molecule has 0 amide bonds. The summed E-state index contributed by atoms with van der Waals surface area (Å²) in [6.07, 6.45) is 3.21. The lowest BCUT2D eigenvalue weighted by Gasteiger charge is -2.27. The second-order valence-electron chi connectivity index (χ2n) is 6.00. The van der Waals surface area contributed by atoms with Gasteiger partial charge in [-0.2, -0.15) is 0 Å². The maximum Gasteiger partial charge on any atom is 0.159 e. The molecule has 0 spiro atoms. The Hall–Kier alpha value is -2.27. The van der Waals surface area contributed by atoms with E-state index in [2.05, 4.69) is 4.98 Å². The molecule has 3 rings (SSSR count). The Bertz CT molecular complexity index is 903. The highest BCUT2D eigenvalue weighted by Gasteiger charge is 2.28. The molecule has 24 heavy (non-hydrogen) atoms. The molecule has 0 atom stereocenters. The average molecular weight is 351 g/mol. The fourth-order valence-electron chi connectivity index (χ4n) is 2.63. The van der Waals surface area contributed by atoms with Gasteiger partial charge in [0.15, 0.2) is 11.6 Å². The lowest BCUT2D eigenvalue weighted by atomic mass is 9.81. The van der Waals surface area contributed by atoms with Crippen LogP contribution in [0.1, 0.15) is 25.1 Å². The lowest BCUT2D eigenvalue weighted by molar-refractivity contribution is 0.500. The van der Waals surface area contributed by atoms with Crippen molar-refractivity contribution < 1.29 is 13.2 Å². The zero-order valence-corrected chi connectivity index (χ0v) is 13.8. The first-order chi connectivity index (χ1) is 11.3. The molecule has 1 aromatic heterocycles. The number of aromatic nitrogens is 2. The van der Waals surface area contributed by atoms with Crippen LogP contribution in [0.4, 0.5) is 13.2 Å². The zero-order chi connectivity index (χ0) is 17.5. The van der Waals surface area contributed by atoms with Gasteiger partial charge in [0, 0.05) is 17.3 Å². The molecular formula is C18H14ClF3N2. The van der Waals surface area contributed by atoms with E-state index in [0.717, 1.165) is 11.8 Å². The minimum absolute atomic E-state index is 0.00205. The first kappa shape index (κ1) is 16.6. The molecule has 0 fully saturated rings. The van der Waals surface area contributed by atoms with E-state index in [4.69, 9.17) is 11.6 Å². The highest BCUT2D eigenvalue weighted by molar-refractivity contribution is 6.30. The second-order valence-corrected chi connectivity index (χ2v) is 6.41. The van der Waals surface area contributed by atoms with Gasteiger partial charge in [0.2, 0.25) is 0 Å². The fourth-order valence-corrected chi connectivity index (χ4v) is 2.81. The molecule has 0 aliphatic heterocycles. The van der Waals surface area contributed by atoms with Crippen LogP contribution in [0, 0.1) is 17.5 Å². The van der Waals surface area contributed by atoms with Crippen LogP contribution >= 0.6 is 11.6 Å². The molecule has 1 heterocycles. The molecule has 0 saturated heterocycles. The fraction of sp³-hybridized carbons (Fsp3) is 0.167. The lowest BCUT2D eigenvalue weighted by Crippen LogP contribution is -2.23. The minimum atomic E-state index is -0.906. The van der Waals surface area contributed by atoms with Crippen LogP contribution < -0.4 is 0 Å². The van der Waals surface area contributed by atoms with Crippen LogP contribution in [-0.2, 0) is 5.41 Å². The molecule has 0 radical (unpaired) electrons. The summed E-state index contributed by atoms with van der Waals surface area (Å²) in [6.45, 7) is 3.75. The molecule has 0 N–H and O–H groups in total. The monoisotopic (exact) mass is 350 g/mol. The Morgan fingerprint density at radius 2 is 1.67 bits per heavy atom. The van der Waals surface area contributed by atoms with Crippen molar-refractivity contribution >= 4 is 11.6 Å². The summed E-state index contributed by atoms with van der Waals surface area (Å²) in [4.78, 5) is 4.14. The molecule has 6 heteroatoms. The van der Waals surface area contributed by atoms with Gasteiger partial charge in [-0.15, -0.1) is 0 Å². The SMILES string of the molecule is CC(C)(c1ccc(F)c(F)c1)c1cncn1-c1ccc(F)c(Cl)c1. The summed E-state index contributed by atoms with van der Waals surface area (Å²) in [5.74, 6) is -2.31. The van der Waals surface area contributed by atoms with Crippen molar-refractivity contribution in [2.24, 2.45) is 0 Å². The third-order valence-electron chi connectivity index (χ3n) is 4.10. The Kier molecular flexibility index (Phi) is 4.13. The van der Waals surface area contributed by atoms with Crippen molar-refractivity contribution in [1.29, 1.82) is 0 Å². The standard InChI is InChI=1S/C18H14ClF3N2/c1-18(2,11-3-5-15(21)16(22)7-11)17-9-23-10-24(17)12-4-6-14(20)13(19)8-12/h3-10H,1-2H3. The molecule has 0 saturated carbocycles. The first-order valence-electron chi connectivity index (χ1n) is 7.24. The van der Waals surface area contributed by atoms with Crippen molar-refractivity contribution in [3.8, 4) is 5.69 Å². The van der Waals surface area contributed by atoms with E-state index in [0.29, 0.717) is 11.3 Å².